The van der Waals surface area contributed by atoms with Crippen LogP contribution in [0.15, 0.2) is 36.5 Å². The number of halogens is 3. The maximum Gasteiger partial charge on any atom is 0.406 e. The van der Waals surface area contributed by atoms with Crippen LogP contribution in [0.4, 0.5) is 13.2 Å². The number of rotatable bonds is 4. The van der Waals surface area contributed by atoms with Gasteiger partial charge in [0, 0.05) is 23.7 Å². The number of hydrogen-bond donors (Lipinski definition) is 2. The van der Waals surface area contributed by atoms with E-state index in [1.165, 1.54) is 0 Å². The second-order valence-electron chi connectivity index (χ2n) is 5.40. The molecule has 1 heterocycles. The molecule has 2 aromatic rings. The monoisotopic (exact) mass is 330 g/mol. The second kappa shape index (κ2) is 6.06. The van der Waals surface area contributed by atoms with Crippen molar-refractivity contribution in [2.24, 2.45) is 0 Å². The first-order valence-corrected chi connectivity index (χ1v) is 6.76. The molecule has 0 saturated heterocycles. The van der Waals surface area contributed by atoms with Crippen LogP contribution in [0, 0.1) is 0 Å². The number of aliphatic hydroxyl groups is 1. The molecule has 1 saturated carbocycles. The molecule has 1 aliphatic rings. The van der Waals surface area contributed by atoms with Gasteiger partial charge in [0.2, 0.25) is 0 Å². The zero-order valence-corrected chi connectivity index (χ0v) is 12.7. The van der Waals surface area contributed by atoms with Gasteiger partial charge in [-0.25, -0.2) is 0 Å². The molecule has 0 aliphatic heterocycles. The Morgan fingerprint density at radius 3 is 2.55 bits per heavy atom. The van der Waals surface area contributed by atoms with E-state index in [1.807, 2.05) is 12.1 Å². The second-order valence-corrected chi connectivity index (χ2v) is 5.40. The summed E-state index contributed by atoms with van der Waals surface area (Å²) in [6, 6.07) is 8.93. The van der Waals surface area contributed by atoms with Crippen molar-refractivity contribution in [3.8, 4) is 0 Å². The van der Waals surface area contributed by atoms with E-state index in [9.17, 15) is 18.3 Å². The van der Waals surface area contributed by atoms with Gasteiger partial charge in [-0.15, -0.1) is 0 Å². The zero-order valence-electron chi connectivity index (χ0n) is 11.7. The highest BCUT2D eigenvalue weighted by atomic mass is 32.1. The maximum atomic E-state index is 12.8. The summed E-state index contributed by atoms with van der Waals surface area (Å²) in [6.07, 6.45) is -3.56. The number of benzene rings is 1. The summed E-state index contributed by atoms with van der Waals surface area (Å²) >= 11 is 0. The molecule has 0 radical (unpaired) electrons. The third-order valence-corrected chi connectivity index (χ3v) is 3.95. The third kappa shape index (κ3) is 3.06. The lowest BCUT2D eigenvalue weighted by Gasteiger charge is -2.23. The molecular formula is C15H17F3N2OS. The van der Waals surface area contributed by atoms with Gasteiger partial charge in [-0.3, -0.25) is 4.98 Å². The van der Waals surface area contributed by atoms with Gasteiger partial charge >= 0.3 is 6.18 Å². The van der Waals surface area contributed by atoms with Gasteiger partial charge < -0.3 is 10.4 Å². The maximum absolute atomic E-state index is 12.8. The fourth-order valence-electron chi connectivity index (χ4n) is 2.48. The molecule has 22 heavy (non-hydrogen) atoms. The van der Waals surface area contributed by atoms with Gasteiger partial charge in [0.15, 0.2) is 0 Å². The SMILES string of the molecule is O[C@H](CNC1(C(F)(F)F)CC1)c1cccc2cccnc12.S. The number of alkyl halides is 3. The lowest BCUT2D eigenvalue weighted by Crippen LogP contribution is -2.46. The number of aromatic nitrogens is 1. The molecule has 2 N–H and O–H groups in total. The van der Waals surface area contributed by atoms with E-state index >= 15 is 0 Å². The molecule has 1 aromatic heterocycles. The van der Waals surface area contributed by atoms with Gasteiger partial charge in [0.05, 0.1) is 11.6 Å². The highest BCUT2D eigenvalue weighted by Crippen LogP contribution is 2.49. The summed E-state index contributed by atoms with van der Waals surface area (Å²) in [6.45, 7) is -0.144. The number of nitrogens with zero attached hydrogens (tertiary/aromatic N) is 1. The molecule has 120 valence electrons. The normalized spacial score (nSPS) is 17.8. The number of hydrogen-bond acceptors (Lipinski definition) is 3. The van der Waals surface area contributed by atoms with E-state index in [4.69, 9.17) is 0 Å². The molecule has 0 amide bonds. The van der Waals surface area contributed by atoms with E-state index in [-0.39, 0.29) is 32.9 Å². The van der Waals surface area contributed by atoms with Crippen LogP contribution in [0.25, 0.3) is 10.9 Å². The lowest BCUT2D eigenvalue weighted by molar-refractivity contribution is -0.166. The Labute approximate surface area is 133 Å². The Morgan fingerprint density at radius 1 is 1.23 bits per heavy atom. The van der Waals surface area contributed by atoms with Crippen LogP contribution in [0.2, 0.25) is 0 Å². The van der Waals surface area contributed by atoms with Crippen molar-refractivity contribution < 1.29 is 18.3 Å². The van der Waals surface area contributed by atoms with Crippen LogP contribution in [-0.4, -0.2) is 28.4 Å². The number of fused-ring (bicyclic) bond motifs is 1. The Balaban J connectivity index is 0.00000176. The Morgan fingerprint density at radius 2 is 1.91 bits per heavy atom. The van der Waals surface area contributed by atoms with E-state index in [1.54, 1.807) is 24.4 Å². The van der Waals surface area contributed by atoms with E-state index in [0.29, 0.717) is 11.1 Å². The van der Waals surface area contributed by atoms with Crippen molar-refractivity contribution in [3.05, 3.63) is 42.1 Å². The lowest BCUT2D eigenvalue weighted by atomic mass is 10.0. The molecule has 1 aliphatic carbocycles. The fourth-order valence-corrected chi connectivity index (χ4v) is 2.48. The minimum absolute atomic E-state index is 0. The van der Waals surface area contributed by atoms with Gasteiger partial charge in [0.25, 0.3) is 0 Å². The smallest absolute Gasteiger partial charge is 0.387 e. The summed E-state index contributed by atoms with van der Waals surface area (Å²) in [5.74, 6) is 0. The van der Waals surface area contributed by atoms with E-state index in [2.05, 4.69) is 10.3 Å². The quantitative estimate of drug-likeness (QED) is 0.906. The molecule has 1 fully saturated rings. The van der Waals surface area contributed by atoms with E-state index in [0.717, 1.165) is 5.39 Å². The molecule has 1 aromatic carbocycles. The van der Waals surface area contributed by atoms with Crippen molar-refractivity contribution in [2.75, 3.05) is 6.54 Å². The van der Waals surface area contributed by atoms with Crippen molar-refractivity contribution >= 4 is 24.4 Å². The van der Waals surface area contributed by atoms with Gasteiger partial charge in [-0.1, -0.05) is 24.3 Å². The number of pyridine rings is 1. The van der Waals surface area contributed by atoms with Crippen molar-refractivity contribution in [3.63, 3.8) is 0 Å². The standard InChI is InChI=1S/C15H15F3N2O.H2S/c16-15(17,18)14(6-7-14)20-9-12(21)11-5-1-3-10-4-2-8-19-13(10)11;/h1-5,8,12,20-21H,6-7,9H2;1H2/t12-;/m1./s1. The average molecular weight is 330 g/mol. The Hall–Kier alpha value is -1.31. The molecule has 3 rings (SSSR count). The van der Waals surface area contributed by atoms with Crippen LogP contribution >= 0.6 is 13.5 Å². The largest absolute Gasteiger partial charge is 0.406 e. The number of nitrogens with one attached hydrogen (secondary N) is 1. The molecule has 0 spiro atoms. The number of aliphatic hydroxyl groups excluding tert-OH is 1. The highest BCUT2D eigenvalue weighted by Gasteiger charge is 2.63. The fraction of sp³-hybridized carbons (Fsp3) is 0.400. The van der Waals surface area contributed by atoms with E-state index < -0.39 is 17.8 Å². The first kappa shape index (κ1) is 17.1. The summed E-state index contributed by atoms with van der Waals surface area (Å²) in [4.78, 5) is 4.20. The predicted molar refractivity (Wildman–Crippen MR) is 83.1 cm³/mol. The Bertz CT molecular complexity index is 653. The van der Waals surface area contributed by atoms with Crippen molar-refractivity contribution in [1.82, 2.24) is 10.3 Å². The number of para-hydroxylation sites is 1. The van der Waals surface area contributed by atoms with Crippen LogP contribution in [-0.2, 0) is 0 Å². The minimum atomic E-state index is -4.27. The third-order valence-electron chi connectivity index (χ3n) is 3.95. The highest BCUT2D eigenvalue weighted by molar-refractivity contribution is 7.59. The molecular weight excluding hydrogens is 313 g/mol. The van der Waals surface area contributed by atoms with Gasteiger partial charge in [-0.05, 0) is 18.9 Å². The first-order chi connectivity index (χ1) is 9.93. The van der Waals surface area contributed by atoms with Crippen LogP contribution in [0.1, 0.15) is 24.5 Å². The van der Waals surface area contributed by atoms with Crippen LogP contribution < -0.4 is 5.32 Å². The summed E-state index contributed by atoms with van der Waals surface area (Å²) in [5, 5.41) is 13.5. The molecule has 7 heteroatoms. The van der Waals surface area contributed by atoms with Gasteiger partial charge in [-0.2, -0.15) is 26.7 Å². The number of β-amino-alcohol motifs (C(OH)–C–C–N with tert-alkyl or cyclic N) is 1. The minimum Gasteiger partial charge on any atom is -0.387 e. The molecule has 0 bridgehead atoms. The first-order valence-electron chi connectivity index (χ1n) is 6.76. The predicted octanol–water partition coefficient (Wildman–Crippen LogP) is 3.07. The van der Waals surface area contributed by atoms with Crippen molar-refractivity contribution in [1.29, 1.82) is 0 Å². The summed E-state index contributed by atoms with van der Waals surface area (Å²) < 4.78 is 38.5. The molecule has 1 atom stereocenters. The van der Waals surface area contributed by atoms with Gasteiger partial charge in [0.1, 0.15) is 5.54 Å². The summed E-state index contributed by atoms with van der Waals surface area (Å²) in [5.41, 5.74) is -0.656. The summed E-state index contributed by atoms with van der Waals surface area (Å²) in [7, 11) is 0. The topological polar surface area (TPSA) is 45.1 Å². The molecule has 0 unspecified atom stereocenters. The average Bonchev–Trinajstić information content (AvgIpc) is 3.25. The van der Waals surface area contributed by atoms with Crippen LogP contribution in [0.5, 0.6) is 0 Å². The van der Waals surface area contributed by atoms with Crippen LogP contribution in [0.3, 0.4) is 0 Å². The molecule has 3 nitrogen and oxygen atoms in total. The Kier molecular flexibility index (Phi) is 4.70. The zero-order chi connectivity index (χ0) is 15.1. The van der Waals surface area contributed by atoms with Crippen molar-refractivity contribution in [2.45, 2.75) is 30.7 Å².